The van der Waals surface area contributed by atoms with Gasteiger partial charge in [-0.05, 0) is 49.8 Å². The summed E-state index contributed by atoms with van der Waals surface area (Å²) in [6.45, 7) is 0. The fraction of sp³-hybridized carbons (Fsp3) is 0.556. The number of hydrogen-bond acceptors (Lipinski definition) is 5. The van der Waals surface area contributed by atoms with E-state index in [1.807, 2.05) is 18.2 Å². The molecule has 1 heterocycles. The molecule has 1 saturated heterocycles. The van der Waals surface area contributed by atoms with Gasteiger partial charge in [0.25, 0.3) is 0 Å². The third-order valence-corrected chi connectivity index (χ3v) is 5.12. The Morgan fingerprint density at radius 2 is 2.00 bits per heavy atom. The number of aldehydes is 1. The van der Waals surface area contributed by atoms with E-state index >= 15 is 0 Å². The molecule has 2 aliphatic rings. The van der Waals surface area contributed by atoms with Gasteiger partial charge in [-0.25, -0.2) is 14.8 Å². The maximum atomic E-state index is 11.7. The van der Waals surface area contributed by atoms with Gasteiger partial charge in [0, 0.05) is 7.05 Å². The normalized spacial score (nSPS) is 24.5. The lowest BCUT2D eigenvalue weighted by molar-refractivity contribution is -0.113. The van der Waals surface area contributed by atoms with Gasteiger partial charge < -0.3 is 20.0 Å². The lowest BCUT2D eigenvalue weighted by Gasteiger charge is -2.28. The summed E-state index contributed by atoms with van der Waals surface area (Å²) in [7, 11) is 3.39. The molecule has 1 aromatic carbocycles. The van der Waals surface area contributed by atoms with Crippen molar-refractivity contribution in [3.8, 4) is 11.5 Å². The second kappa shape index (κ2) is 7.31. The van der Waals surface area contributed by atoms with Gasteiger partial charge in [0.05, 0.1) is 19.3 Å². The van der Waals surface area contributed by atoms with Crippen molar-refractivity contribution in [2.45, 2.75) is 50.3 Å². The van der Waals surface area contributed by atoms with Crippen LogP contribution in [0.25, 0.3) is 0 Å². The molecule has 7 heteroatoms. The van der Waals surface area contributed by atoms with Crippen LogP contribution in [0.4, 0.5) is 4.79 Å². The van der Waals surface area contributed by atoms with E-state index in [1.54, 1.807) is 19.2 Å². The maximum absolute atomic E-state index is 11.7. The standard InChI is InChI=1S/C18H25N3O4/c1-20-15(10-13(11-22)21(20)18(19)23)12-7-8-16(24-2)17(9-12)25-14-5-3-4-6-14/h7-9,11,13-15H,3-6,10H2,1-2H3,(H2,19,23). The molecule has 2 atom stereocenters. The number of rotatable bonds is 5. The molecule has 25 heavy (non-hydrogen) atoms. The van der Waals surface area contributed by atoms with Gasteiger partial charge in [0.2, 0.25) is 0 Å². The molecule has 2 unspecified atom stereocenters. The van der Waals surface area contributed by atoms with Crippen molar-refractivity contribution < 1.29 is 19.1 Å². The largest absolute Gasteiger partial charge is 0.493 e. The third kappa shape index (κ3) is 3.42. The molecule has 0 aromatic heterocycles. The Bertz CT molecular complexity index is 645. The van der Waals surface area contributed by atoms with Crippen molar-refractivity contribution in [1.29, 1.82) is 0 Å². The van der Waals surface area contributed by atoms with E-state index in [2.05, 4.69) is 0 Å². The predicted octanol–water partition coefficient (Wildman–Crippen LogP) is 2.26. The zero-order valence-electron chi connectivity index (χ0n) is 14.7. The smallest absolute Gasteiger partial charge is 0.330 e. The van der Waals surface area contributed by atoms with Gasteiger partial charge >= 0.3 is 6.03 Å². The lowest BCUT2D eigenvalue weighted by Crippen LogP contribution is -2.47. The number of primary amides is 1. The SMILES string of the molecule is COc1ccc(C2CC(C=O)N(C(N)=O)N2C)cc1OC1CCCC1. The fourth-order valence-corrected chi connectivity index (χ4v) is 3.83. The molecular formula is C18H25N3O4. The van der Waals surface area contributed by atoms with Gasteiger partial charge in [0.15, 0.2) is 11.5 Å². The van der Waals surface area contributed by atoms with Gasteiger partial charge in [-0.2, -0.15) is 0 Å². The van der Waals surface area contributed by atoms with Crippen molar-refractivity contribution in [1.82, 2.24) is 10.0 Å². The predicted molar refractivity (Wildman–Crippen MR) is 92.3 cm³/mol. The van der Waals surface area contributed by atoms with Crippen LogP contribution in [0.2, 0.25) is 0 Å². The summed E-state index contributed by atoms with van der Waals surface area (Å²) in [6, 6.07) is 4.46. The van der Waals surface area contributed by atoms with Crippen molar-refractivity contribution in [2.24, 2.45) is 5.73 Å². The Balaban J connectivity index is 1.86. The maximum Gasteiger partial charge on any atom is 0.330 e. The summed E-state index contributed by atoms with van der Waals surface area (Å²) in [5.41, 5.74) is 6.39. The Labute approximate surface area is 147 Å². The van der Waals surface area contributed by atoms with Crippen LogP contribution in [0.3, 0.4) is 0 Å². The molecule has 1 aliphatic carbocycles. The number of hydrazine groups is 1. The molecule has 2 fully saturated rings. The highest BCUT2D eigenvalue weighted by Gasteiger charge is 2.40. The first kappa shape index (κ1) is 17.5. The summed E-state index contributed by atoms with van der Waals surface area (Å²) >= 11 is 0. The van der Waals surface area contributed by atoms with Crippen LogP contribution >= 0.6 is 0 Å². The third-order valence-electron chi connectivity index (χ3n) is 5.12. The number of urea groups is 1. The number of benzene rings is 1. The average Bonchev–Trinajstić information content (AvgIpc) is 3.22. The van der Waals surface area contributed by atoms with Crippen LogP contribution < -0.4 is 15.2 Å². The summed E-state index contributed by atoms with van der Waals surface area (Å²) in [4.78, 5) is 23.0. The minimum Gasteiger partial charge on any atom is -0.493 e. The summed E-state index contributed by atoms with van der Waals surface area (Å²) < 4.78 is 11.6. The summed E-state index contributed by atoms with van der Waals surface area (Å²) in [6.07, 6.45) is 5.96. The first-order valence-corrected chi connectivity index (χ1v) is 8.66. The van der Waals surface area contributed by atoms with Crippen LogP contribution in [0.1, 0.15) is 43.7 Å². The molecule has 2 amide bonds. The van der Waals surface area contributed by atoms with Gasteiger partial charge in [-0.3, -0.25) is 0 Å². The topological polar surface area (TPSA) is 85.1 Å². The van der Waals surface area contributed by atoms with Crippen LogP contribution in [-0.4, -0.2) is 48.6 Å². The Morgan fingerprint density at radius 3 is 2.56 bits per heavy atom. The highest BCUT2D eigenvalue weighted by Crippen LogP contribution is 2.39. The Morgan fingerprint density at radius 1 is 1.28 bits per heavy atom. The zero-order chi connectivity index (χ0) is 18.0. The van der Waals surface area contributed by atoms with E-state index in [9.17, 15) is 9.59 Å². The van der Waals surface area contributed by atoms with E-state index in [0.29, 0.717) is 17.9 Å². The van der Waals surface area contributed by atoms with E-state index in [4.69, 9.17) is 15.2 Å². The number of methoxy groups -OCH3 is 1. The minimum atomic E-state index is -0.627. The summed E-state index contributed by atoms with van der Waals surface area (Å²) in [5, 5.41) is 3.03. The number of hydrogen-bond donors (Lipinski definition) is 1. The van der Waals surface area contributed by atoms with Gasteiger partial charge in [-0.1, -0.05) is 6.07 Å². The molecule has 1 aromatic rings. The van der Waals surface area contributed by atoms with E-state index in [-0.39, 0.29) is 12.1 Å². The van der Waals surface area contributed by atoms with E-state index in [0.717, 1.165) is 24.7 Å². The quantitative estimate of drug-likeness (QED) is 0.826. The van der Waals surface area contributed by atoms with Crippen LogP contribution in [-0.2, 0) is 4.79 Å². The Hall–Kier alpha value is -2.28. The van der Waals surface area contributed by atoms with Crippen molar-refractivity contribution in [3.63, 3.8) is 0 Å². The average molecular weight is 347 g/mol. The van der Waals surface area contributed by atoms with Crippen molar-refractivity contribution in [2.75, 3.05) is 14.2 Å². The van der Waals surface area contributed by atoms with Crippen LogP contribution in [0.5, 0.6) is 11.5 Å². The number of carbonyl (C=O) groups is 2. The Kier molecular flexibility index (Phi) is 5.13. The number of amides is 2. The number of nitrogens with zero attached hydrogens (tertiary/aromatic N) is 2. The second-order valence-electron chi connectivity index (χ2n) is 6.65. The fourth-order valence-electron chi connectivity index (χ4n) is 3.83. The van der Waals surface area contributed by atoms with Crippen molar-refractivity contribution >= 4 is 12.3 Å². The molecule has 0 spiro atoms. The molecule has 1 aliphatic heterocycles. The van der Waals surface area contributed by atoms with Crippen LogP contribution in [0, 0.1) is 0 Å². The minimum absolute atomic E-state index is 0.125. The summed E-state index contributed by atoms with van der Waals surface area (Å²) in [5.74, 6) is 1.40. The molecule has 3 rings (SSSR count). The first-order chi connectivity index (χ1) is 12.0. The molecule has 0 radical (unpaired) electrons. The molecular weight excluding hydrogens is 322 g/mol. The zero-order valence-corrected chi connectivity index (χ0v) is 14.7. The highest BCUT2D eigenvalue weighted by molar-refractivity contribution is 5.76. The molecule has 7 nitrogen and oxygen atoms in total. The number of nitrogens with two attached hydrogens (primary N) is 1. The van der Waals surface area contributed by atoms with Crippen LogP contribution in [0.15, 0.2) is 18.2 Å². The number of carbonyl (C=O) groups excluding carboxylic acids is 2. The molecule has 2 N–H and O–H groups in total. The number of ether oxygens (including phenoxy) is 2. The van der Waals surface area contributed by atoms with E-state index in [1.165, 1.54) is 17.9 Å². The monoisotopic (exact) mass is 347 g/mol. The first-order valence-electron chi connectivity index (χ1n) is 8.66. The van der Waals surface area contributed by atoms with Gasteiger partial charge in [-0.15, -0.1) is 0 Å². The lowest BCUT2D eigenvalue weighted by atomic mass is 10.0. The van der Waals surface area contributed by atoms with Gasteiger partial charge in [0.1, 0.15) is 12.3 Å². The molecule has 0 bridgehead atoms. The molecule has 1 saturated carbocycles. The van der Waals surface area contributed by atoms with E-state index < -0.39 is 12.1 Å². The highest BCUT2D eigenvalue weighted by atomic mass is 16.5. The van der Waals surface area contributed by atoms with Crippen molar-refractivity contribution in [3.05, 3.63) is 23.8 Å². The second-order valence-corrected chi connectivity index (χ2v) is 6.65. The molecule has 136 valence electrons.